The summed E-state index contributed by atoms with van der Waals surface area (Å²) in [6.07, 6.45) is -0.117. The Hall–Kier alpha value is -2.40. The smallest absolute Gasteiger partial charge is 0.231 e. The quantitative estimate of drug-likeness (QED) is 0.395. The molecule has 34 heavy (non-hydrogen) atoms. The highest BCUT2D eigenvalue weighted by molar-refractivity contribution is 7.91. The number of amides is 1. The lowest BCUT2D eigenvalue weighted by Crippen LogP contribution is -2.39. The predicted octanol–water partition coefficient (Wildman–Crippen LogP) is 3.99. The van der Waals surface area contributed by atoms with Crippen molar-refractivity contribution in [1.82, 2.24) is 9.88 Å². The molecule has 1 amide bonds. The predicted molar refractivity (Wildman–Crippen MR) is 136 cm³/mol. The Bertz CT molecular complexity index is 1190. The lowest BCUT2D eigenvalue weighted by Gasteiger charge is -2.24. The number of likely N-dealkylation sites (N-methyl/N-ethyl adjacent to an activating group) is 1. The molecule has 0 radical (unpaired) electrons. The standard InChI is InChI=1S/C23H27N3O5S2.ClH/c1-3-25(4-2)11-12-26(22(27)10-13-33(28,29)17-8-6-5-7-9-17)23-24-18-14-19-20(31-16-30-19)15-21(18)32-23;/h5-9,14-15H,3-4,10-13,16H2,1-2H3;1H. The normalized spacial score (nSPS) is 12.7. The molecule has 0 aliphatic carbocycles. The SMILES string of the molecule is CCN(CC)CCN(C(=O)CCS(=O)(=O)c1ccccc1)c1nc2cc3c(cc2s1)OCO3.Cl. The van der Waals surface area contributed by atoms with Gasteiger partial charge in [-0.25, -0.2) is 13.4 Å². The van der Waals surface area contributed by atoms with Crippen molar-refractivity contribution in [2.45, 2.75) is 25.2 Å². The number of aromatic nitrogens is 1. The van der Waals surface area contributed by atoms with Crippen LogP contribution in [0.25, 0.3) is 10.2 Å². The van der Waals surface area contributed by atoms with E-state index in [0.29, 0.717) is 29.7 Å². The Balaban J connectivity index is 0.00000324. The Kier molecular flexibility index (Phi) is 8.75. The minimum Gasteiger partial charge on any atom is -0.454 e. The third kappa shape index (κ3) is 5.80. The number of hydrogen-bond acceptors (Lipinski definition) is 8. The molecule has 2 aromatic carbocycles. The largest absolute Gasteiger partial charge is 0.454 e. The van der Waals surface area contributed by atoms with Crippen molar-refractivity contribution in [1.29, 1.82) is 0 Å². The third-order valence-electron chi connectivity index (χ3n) is 5.62. The summed E-state index contributed by atoms with van der Waals surface area (Å²) in [6.45, 7) is 7.15. The maximum absolute atomic E-state index is 13.2. The summed E-state index contributed by atoms with van der Waals surface area (Å²) >= 11 is 1.39. The highest BCUT2D eigenvalue weighted by Crippen LogP contribution is 2.39. The fourth-order valence-corrected chi connectivity index (χ4v) is 5.90. The van der Waals surface area contributed by atoms with E-state index >= 15 is 0 Å². The van der Waals surface area contributed by atoms with Crippen molar-refractivity contribution < 1.29 is 22.7 Å². The van der Waals surface area contributed by atoms with E-state index in [4.69, 9.17) is 9.47 Å². The number of ether oxygens (including phenoxy) is 2. The van der Waals surface area contributed by atoms with Gasteiger partial charge in [-0.3, -0.25) is 9.69 Å². The van der Waals surface area contributed by atoms with E-state index in [0.717, 1.165) is 23.3 Å². The minimum absolute atomic E-state index is 0. The molecule has 11 heteroatoms. The number of benzene rings is 2. The van der Waals surface area contributed by atoms with Gasteiger partial charge in [0, 0.05) is 31.6 Å². The fraction of sp³-hybridized carbons (Fsp3) is 0.391. The number of anilines is 1. The zero-order valence-corrected chi connectivity index (χ0v) is 21.5. The van der Waals surface area contributed by atoms with Crippen LogP contribution in [-0.2, 0) is 14.6 Å². The van der Waals surface area contributed by atoms with Crippen molar-refractivity contribution in [3.8, 4) is 11.5 Å². The second kappa shape index (κ2) is 11.4. The first-order valence-electron chi connectivity index (χ1n) is 10.9. The van der Waals surface area contributed by atoms with Crippen LogP contribution < -0.4 is 14.4 Å². The van der Waals surface area contributed by atoms with Crippen molar-refractivity contribution in [3.63, 3.8) is 0 Å². The van der Waals surface area contributed by atoms with Gasteiger partial charge in [0.2, 0.25) is 12.7 Å². The van der Waals surface area contributed by atoms with E-state index in [9.17, 15) is 13.2 Å². The van der Waals surface area contributed by atoms with Crippen molar-refractivity contribution >= 4 is 54.8 Å². The minimum atomic E-state index is -3.55. The summed E-state index contributed by atoms with van der Waals surface area (Å²) in [6, 6.07) is 11.9. The number of rotatable bonds is 10. The second-order valence-electron chi connectivity index (χ2n) is 7.62. The van der Waals surface area contributed by atoms with Gasteiger partial charge in [0.15, 0.2) is 26.5 Å². The lowest BCUT2D eigenvalue weighted by molar-refractivity contribution is -0.118. The van der Waals surface area contributed by atoms with Gasteiger partial charge < -0.3 is 14.4 Å². The van der Waals surface area contributed by atoms with Crippen LogP contribution in [0, 0.1) is 0 Å². The molecule has 0 fully saturated rings. The van der Waals surface area contributed by atoms with Crippen LogP contribution in [0.2, 0.25) is 0 Å². The van der Waals surface area contributed by atoms with Crippen LogP contribution in [0.1, 0.15) is 20.3 Å². The Morgan fingerprint density at radius 1 is 1.06 bits per heavy atom. The van der Waals surface area contributed by atoms with Crippen LogP contribution in [0.5, 0.6) is 11.5 Å². The molecule has 0 spiro atoms. The molecule has 2 heterocycles. The van der Waals surface area contributed by atoms with Gasteiger partial charge in [0.05, 0.1) is 20.9 Å². The summed E-state index contributed by atoms with van der Waals surface area (Å²) in [7, 11) is -3.55. The maximum Gasteiger partial charge on any atom is 0.231 e. The fourth-order valence-electron chi connectivity index (χ4n) is 3.63. The van der Waals surface area contributed by atoms with Gasteiger partial charge >= 0.3 is 0 Å². The monoisotopic (exact) mass is 525 g/mol. The van der Waals surface area contributed by atoms with Gasteiger partial charge in [-0.15, -0.1) is 12.4 Å². The van der Waals surface area contributed by atoms with E-state index in [2.05, 4.69) is 23.7 Å². The first-order chi connectivity index (χ1) is 15.9. The molecule has 0 unspecified atom stereocenters. The molecule has 0 saturated heterocycles. The molecule has 3 aromatic rings. The molecule has 184 valence electrons. The third-order valence-corrected chi connectivity index (χ3v) is 8.40. The maximum atomic E-state index is 13.2. The van der Waals surface area contributed by atoms with Crippen LogP contribution in [-0.4, -0.2) is 62.9 Å². The number of fused-ring (bicyclic) bond motifs is 2. The van der Waals surface area contributed by atoms with Crippen molar-refractivity contribution in [2.24, 2.45) is 0 Å². The van der Waals surface area contributed by atoms with Gasteiger partial charge in [-0.2, -0.15) is 0 Å². The average molecular weight is 526 g/mol. The zero-order chi connectivity index (χ0) is 23.4. The summed E-state index contributed by atoms with van der Waals surface area (Å²) in [5.41, 5.74) is 0.719. The van der Waals surface area contributed by atoms with E-state index in [1.165, 1.54) is 11.3 Å². The van der Waals surface area contributed by atoms with Crippen LogP contribution in [0.15, 0.2) is 47.4 Å². The first kappa shape index (κ1) is 26.2. The first-order valence-corrected chi connectivity index (χ1v) is 13.4. The number of halogens is 1. The Labute approximate surface area is 209 Å². The molecular weight excluding hydrogens is 498 g/mol. The summed E-state index contributed by atoms with van der Waals surface area (Å²) < 4.78 is 37.2. The van der Waals surface area contributed by atoms with Gasteiger partial charge in [-0.1, -0.05) is 43.4 Å². The molecule has 1 aliphatic rings. The molecule has 1 aliphatic heterocycles. The topological polar surface area (TPSA) is 89.0 Å². The summed E-state index contributed by atoms with van der Waals surface area (Å²) in [4.78, 5) is 22.0. The number of nitrogens with zero attached hydrogens (tertiary/aromatic N) is 3. The average Bonchev–Trinajstić information content (AvgIpc) is 3.45. The van der Waals surface area contributed by atoms with Gasteiger partial charge in [0.25, 0.3) is 0 Å². The van der Waals surface area contributed by atoms with Crippen molar-refractivity contribution in [2.75, 3.05) is 43.6 Å². The number of thiazole rings is 1. The van der Waals surface area contributed by atoms with E-state index < -0.39 is 9.84 Å². The van der Waals surface area contributed by atoms with E-state index in [1.807, 2.05) is 12.1 Å². The van der Waals surface area contributed by atoms with E-state index in [-0.39, 0.29) is 42.2 Å². The number of hydrogen-bond donors (Lipinski definition) is 0. The highest BCUT2D eigenvalue weighted by atomic mass is 35.5. The summed E-state index contributed by atoms with van der Waals surface area (Å²) in [5, 5.41) is 0.544. The van der Waals surface area contributed by atoms with Crippen LogP contribution in [0.3, 0.4) is 0 Å². The number of carbonyl (C=O) groups is 1. The zero-order valence-electron chi connectivity index (χ0n) is 19.1. The van der Waals surface area contributed by atoms with Crippen molar-refractivity contribution in [3.05, 3.63) is 42.5 Å². The highest BCUT2D eigenvalue weighted by Gasteiger charge is 2.25. The van der Waals surface area contributed by atoms with E-state index in [1.54, 1.807) is 35.2 Å². The number of carbonyl (C=O) groups excluding carboxylic acids is 1. The Morgan fingerprint density at radius 2 is 1.74 bits per heavy atom. The number of sulfone groups is 1. The lowest BCUT2D eigenvalue weighted by atomic mass is 10.3. The molecule has 0 N–H and O–H groups in total. The molecule has 4 rings (SSSR count). The van der Waals surface area contributed by atoms with Crippen LogP contribution in [0.4, 0.5) is 5.13 Å². The second-order valence-corrected chi connectivity index (χ2v) is 10.7. The van der Waals surface area contributed by atoms with Gasteiger partial charge in [-0.05, 0) is 25.2 Å². The molecule has 0 atom stereocenters. The molecule has 0 saturated carbocycles. The molecule has 1 aromatic heterocycles. The van der Waals surface area contributed by atoms with Crippen LogP contribution >= 0.6 is 23.7 Å². The Morgan fingerprint density at radius 3 is 2.41 bits per heavy atom. The molecular formula is C23H28ClN3O5S2. The molecule has 0 bridgehead atoms. The molecule has 8 nitrogen and oxygen atoms in total. The van der Waals surface area contributed by atoms with Gasteiger partial charge in [0.1, 0.15) is 0 Å². The summed E-state index contributed by atoms with van der Waals surface area (Å²) in [5.74, 6) is 0.779.